The standard InChI is InChI=1S/C32H47FO/c1-3-5-7-9-11-12-13-15-17-28-19-21-29(22-20-28)27-34-31-25-23-30(24-26-31)32(33)18-16-14-10-8-6-4-2/h18-26H,3-17,27H2,1-2H3/b32-18+. The molecule has 0 amide bonds. The molecule has 0 aliphatic heterocycles. The van der Waals surface area contributed by atoms with Crippen molar-refractivity contribution in [1.29, 1.82) is 0 Å². The van der Waals surface area contributed by atoms with Crippen LogP contribution in [0.25, 0.3) is 5.83 Å². The Morgan fingerprint density at radius 1 is 0.647 bits per heavy atom. The largest absolute Gasteiger partial charge is 0.489 e. The number of hydrogen-bond acceptors (Lipinski definition) is 1. The lowest BCUT2D eigenvalue weighted by molar-refractivity contribution is 0.306. The van der Waals surface area contributed by atoms with Crippen molar-refractivity contribution in [1.82, 2.24) is 0 Å². The maximum Gasteiger partial charge on any atom is 0.126 e. The normalized spacial score (nSPS) is 11.7. The quantitative estimate of drug-likeness (QED) is 0.187. The molecule has 2 aromatic rings. The van der Waals surface area contributed by atoms with Gasteiger partial charge in [0.2, 0.25) is 0 Å². The third-order valence-corrected chi connectivity index (χ3v) is 6.51. The molecule has 0 heterocycles. The van der Waals surface area contributed by atoms with Gasteiger partial charge in [-0.1, -0.05) is 109 Å². The monoisotopic (exact) mass is 466 g/mol. The van der Waals surface area contributed by atoms with E-state index in [-0.39, 0.29) is 5.83 Å². The highest BCUT2D eigenvalue weighted by Crippen LogP contribution is 2.22. The fraction of sp³-hybridized carbons (Fsp3) is 0.562. The number of halogens is 1. The van der Waals surface area contributed by atoms with Crippen LogP contribution >= 0.6 is 0 Å². The first-order valence-electron chi connectivity index (χ1n) is 13.9. The molecule has 0 bridgehead atoms. The predicted octanol–water partition coefficient (Wildman–Crippen LogP) is 10.6. The molecule has 0 aliphatic rings. The number of benzene rings is 2. The van der Waals surface area contributed by atoms with Crippen LogP contribution in [-0.2, 0) is 13.0 Å². The van der Waals surface area contributed by atoms with Crippen molar-refractivity contribution < 1.29 is 9.13 Å². The maximum atomic E-state index is 14.3. The lowest BCUT2D eigenvalue weighted by atomic mass is 10.0. The molecule has 0 radical (unpaired) electrons. The second-order valence-corrected chi connectivity index (χ2v) is 9.61. The molecule has 0 saturated heterocycles. The second kappa shape index (κ2) is 18.3. The van der Waals surface area contributed by atoms with Gasteiger partial charge in [0.15, 0.2) is 0 Å². The summed E-state index contributed by atoms with van der Waals surface area (Å²) in [6.07, 6.45) is 20.6. The van der Waals surface area contributed by atoms with Crippen molar-refractivity contribution in [2.45, 2.75) is 117 Å². The van der Waals surface area contributed by atoms with Gasteiger partial charge in [-0.2, -0.15) is 0 Å². The van der Waals surface area contributed by atoms with Crippen molar-refractivity contribution in [3.63, 3.8) is 0 Å². The molecule has 0 atom stereocenters. The van der Waals surface area contributed by atoms with E-state index in [2.05, 4.69) is 38.1 Å². The highest BCUT2D eigenvalue weighted by atomic mass is 19.1. The zero-order chi connectivity index (χ0) is 24.3. The molecular weight excluding hydrogens is 419 g/mol. The molecule has 1 nitrogen and oxygen atoms in total. The molecule has 188 valence electrons. The number of allylic oxidation sites excluding steroid dienone is 1. The molecule has 2 aromatic carbocycles. The first-order chi connectivity index (χ1) is 16.7. The minimum absolute atomic E-state index is 0.130. The van der Waals surface area contributed by atoms with Crippen LogP contribution in [0.4, 0.5) is 4.39 Å². The Labute approximate surface area is 208 Å². The van der Waals surface area contributed by atoms with Gasteiger partial charge >= 0.3 is 0 Å². The van der Waals surface area contributed by atoms with Crippen molar-refractivity contribution >= 4 is 5.83 Å². The summed E-state index contributed by atoms with van der Waals surface area (Å²) in [7, 11) is 0. The summed E-state index contributed by atoms with van der Waals surface area (Å²) in [5.41, 5.74) is 3.20. The average Bonchev–Trinajstić information content (AvgIpc) is 2.87. The first-order valence-corrected chi connectivity index (χ1v) is 13.9. The predicted molar refractivity (Wildman–Crippen MR) is 146 cm³/mol. The molecule has 0 unspecified atom stereocenters. The Hall–Kier alpha value is -2.09. The van der Waals surface area contributed by atoms with Crippen LogP contribution in [0.15, 0.2) is 54.6 Å². The SMILES string of the molecule is CCCCCCC/C=C(/F)c1ccc(OCc2ccc(CCCCCCCCCC)cc2)cc1. The molecule has 0 aliphatic carbocycles. The Morgan fingerprint density at radius 2 is 1.18 bits per heavy atom. The highest BCUT2D eigenvalue weighted by molar-refractivity contribution is 5.59. The zero-order valence-corrected chi connectivity index (χ0v) is 21.8. The Morgan fingerprint density at radius 3 is 1.79 bits per heavy atom. The summed E-state index contributed by atoms with van der Waals surface area (Å²) >= 11 is 0. The summed E-state index contributed by atoms with van der Waals surface area (Å²) < 4.78 is 20.3. The van der Waals surface area contributed by atoms with Gasteiger partial charge in [0, 0.05) is 5.56 Å². The fourth-order valence-corrected chi connectivity index (χ4v) is 4.24. The molecular formula is C32H47FO. The molecule has 0 fully saturated rings. The summed E-state index contributed by atoms with van der Waals surface area (Å²) in [6.45, 7) is 5.02. The third-order valence-electron chi connectivity index (χ3n) is 6.51. The first kappa shape index (κ1) is 28.1. The Kier molecular flexibility index (Phi) is 15.1. The number of unbranched alkanes of at least 4 members (excludes halogenated alkanes) is 12. The molecule has 2 heteroatoms. The van der Waals surface area contributed by atoms with E-state index in [9.17, 15) is 4.39 Å². The molecule has 0 spiro atoms. The van der Waals surface area contributed by atoms with E-state index in [0.29, 0.717) is 12.2 Å². The van der Waals surface area contributed by atoms with E-state index in [1.807, 2.05) is 24.3 Å². The summed E-state index contributed by atoms with van der Waals surface area (Å²) in [4.78, 5) is 0. The molecule has 0 N–H and O–H groups in total. The number of rotatable bonds is 19. The van der Waals surface area contributed by atoms with Gasteiger partial charge in [-0.05, 0) is 67.2 Å². The van der Waals surface area contributed by atoms with Crippen LogP contribution in [-0.4, -0.2) is 0 Å². The third kappa shape index (κ3) is 12.4. The van der Waals surface area contributed by atoms with Crippen LogP contribution in [0.5, 0.6) is 5.75 Å². The van der Waals surface area contributed by atoms with Gasteiger partial charge in [0.25, 0.3) is 0 Å². The minimum Gasteiger partial charge on any atom is -0.489 e. The van der Waals surface area contributed by atoms with Crippen LogP contribution in [0.2, 0.25) is 0 Å². The molecule has 0 saturated carbocycles. The lowest BCUT2D eigenvalue weighted by Crippen LogP contribution is -1.96. The van der Waals surface area contributed by atoms with Crippen LogP contribution in [0, 0.1) is 0 Å². The second-order valence-electron chi connectivity index (χ2n) is 9.61. The molecule has 34 heavy (non-hydrogen) atoms. The summed E-state index contributed by atoms with van der Waals surface area (Å²) in [5.74, 6) is 0.647. The van der Waals surface area contributed by atoms with Gasteiger partial charge in [-0.15, -0.1) is 0 Å². The van der Waals surface area contributed by atoms with E-state index >= 15 is 0 Å². The van der Waals surface area contributed by atoms with Gasteiger partial charge in [0.1, 0.15) is 18.2 Å². The van der Waals surface area contributed by atoms with Gasteiger partial charge in [-0.25, -0.2) is 4.39 Å². The minimum atomic E-state index is -0.130. The van der Waals surface area contributed by atoms with Crippen LogP contribution in [0.1, 0.15) is 120 Å². The average molecular weight is 467 g/mol. The Balaban J connectivity index is 1.64. The van der Waals surface area contributed by atoms with E-state index in [1.54, 1.807) is 6.08 Å². The van der Waals surface area contributed by atoms with Gasteiger partial charge < -0.3 is 4.74 Å². The van der Waals surface area contributed by atoms with Gasteiger partial charge in [0.05, 0.1) is 0 Å². The van der Waals surface area contributed by atoms with Crippen LogP contribution in [0.3, 0.4) is 0 Å². The zero-order valence-electron chi connectivity index (χ0n) is 21.8. The van der Waals surface area contributed by atoms with Crippen molar-refractivity contribution in [2.75, 3.05) is 0 Å². The fourth-order valence-electron chi connectivity index (χ4n) is 4.24. The number of aryl methyl sites for hydroxylation is 1. The van der Waals surface area contributed by atoms with Crippen LogP contribution < -0.4 is 4.74 Å². The number of ether oxygens (including phenoxy) is 1. The maximum absolute atomic E-state index is 14.3. The lowest BCUT2D eigenvalue weighted by Gasteiger charge is -2.08. The Bertz CT molecular complexity index is 776. The topological polar surface area (TPSA) is 9.23 Å². The number of hydrogen-bond donors (Lipinski definition) is 0. The van der Waals surface area contributed by atoms with E-state index in [0.717, 1.165) is 30.6 Å². The smallest absolute Gasteiger partial charge is 0.126 e. The van der Waals surface area contributed by atoms with E-state index in [1.165, 1.54) is 82.6 Å². The van der Waals surface area contributed by atoms with Gasteiger partial charge in [-0.3, -0.25) is 0 Å². The van der Waals surface area contributed by atoms with Crippen molar-refractivity contribution in [3.05, 3.63) is 71.3 Å². The molecule has 0 aromatic heterocycles. The molecule has 2 rings (SSSR count). The highest BCUT2D eigenvalue weighted by Gasteiger charge is 2.02. The van der Waals surface area contributed by atoms with Crippen molar-refractivity contribution in [3.8, 4) is 5.75 Å². The van der Waals surface area contributed by atoms with E-state index < -0.39 is 0 Å². The summed E-state index contributed by atoms with van der Waals surface area (Å²) in [5, 5.41) is 0. The van der Waals surface area contributed by atoms with Crippen molar-refractivity contribution in [2.24, 2.45) is 0 Å². The summed E-state index contributed by atoms with van der Waals surface area (Å²) in [6, 6.07) is 16.1. The van der Waals surface area contributed by atoms with E-state index in [4.69, 9.17) is 4.74 Å².